The van der Waals surface area contributed by atoms with Gasteiger partial charge in [0, 0.05) is 5.56 Å². The molecule has 0 amide bonds. The first-order chi connectivity index (χ1) is 15.0. The van der Waals surface area contributed by atoms with Crippen LogP contribution >= 0.6 is 0 Å². The zero-order chi connectivity index (χ0) is 22.0. The van der Waals surface area contributed by atoms with Crippen molar-refractivity contribution in [2.75, 3.05) is 7.11 Å². The number of aryl methyl sites for hydroxylation is 1. The molecule has 5 nitrogen and oxygen atoms in total. The lowest BCUT2D eigenvalue weighted by Gasteiger charge is -2.17. The second kappa shape index (κ2) is 8.56. The smallest absolute Gasteiger partial charge is 0.282 e. The van der Waals surface area contributed by atoms with Crippen LogP contribution in [0.4, 0.5) is 0 Å². The van der Waals surface area contributed by atoms with Crippen molar-refractivity contribution in [3.63, 3.8) is 0 Å². The third-order valence-electron chi connectivity index (χ3n) is 5.32. The molecule has 0 saturated carbocycles. The fraction of sp³-hybridized carbons (Fsp3) is 0.192. The van der Waals surface area contributed by atoms with E-state index in [-0.39, 0.29) is 11.5 Å². The Bertz CT molecular complexity index is 1320. The number of hydrogen-bond donors (Lipinski definition) is 0. The lowest BCUT2D eigenvalue weighted by atomic mass is 9.96. The van der Waals surface area contributed by atoms with Crippen LogP contribution in [-0.2, 0) is 0 Å². The molecule has 4 aromatic rings. The van der Waals surface area contributed by atoms with Gasteiger partial charge in [-0.25, -0.2) is 4.98 Å². The number of ether oxygens (including phenoxy) is 1. The van der Waals surface area contributed by atoms with Crippen LogP contribution in [0.3, 0.4) is 0 Å². The summed E-state index contributed by atoms with van der Waals surface area (Å²) in [6, 6.07) is 21.1. The van der Waals surface area contributed by atoms with Crippen LogP contribution in [0.25, 0.3) is 22.3 Å². The predicted molar refractivity (Wildman–Crippen MR) is 126 cm³/mol. The van der Waals surface area contributed by atoms with Gasteiger partial charge < -0.3 is 4.74 Å². The summed E-state index contributed by atoms with van der Waals surface area (Å²) in [7, 11) is 1.68. The van der Waals surface area contributed by atoms with E-state index in [1.54, 1.807) is 19.4 Å². The van der Waals surface area contributed by atoms with Gasteiger partial charge in [-0.15, -0.1) is 0 Å². The van der Waals surface area contributed by atoms with E-state index in [0.717, 1.165) is 28.0 Å². The van der Waals surface area contributed by atoms with Crippen molar-refractivity contribution in [2.45, 2.75) is 26.7 Å². The van der Waals surface area contributed by atoms with Crippen LogP contribution in [0.2, 0.25) is 0 Å². The first-order valence-electron chi connectivity index (χ1n) is 10.3. The van der Waals surface area contributed by atoms with Gasteiger partial charge in [-0.3, -0.25) is 4.79 Å². The van der Waals surface area contributed by atoms with Crippen LogP contribution in [0.5, 0.6) is 5.75 Å². The summed E-state index contributed by atoms with van der Waals surface area (Å²) >= 11 is 0. The van der Waals surface area contributed by atoms with Crippen molar-refractivity contribution in [3.05, 3.63) is 93.8 Å². The van der Waals surface area contributed by atoms with E-state index in [2.05, 4.69) is 25.0 Å². The van der Waals surface area contributed by atoms with Crippen molar-refractivity contribution in [1.29, 1.82) is 0 Å². The molecule has 0 unspecified atom stereocenters. The molecule has 0 N–H and O–H groups in total. The average molecular weight is 412 g/mol. The summed E-state index contributed by atoms with van der Waals surface area (Å²) in [5.41, 5.74) is 4.24. The summed E-state index contributed by atoms with van der Waals surface area (Å²) in [6.07, 6.45) is 1.68. The number of nitrogens with zero attached hydrogens (tertiary/aromatic N) is 3. The quantitative estimate of drug-likeness (QED) is 0.414. The summed E-state index contributed by atoms with van der Waals surface area (Å²) in [4.78, 5) is 18.2. The molecule has 0 fully saturated rings. The monoisotopic (exact) mass is 411 g/mol. The van der Waals surface area contributed by atoms with Crippen LogP contribution in [0.1, 0.15) is 36.5 Å². The molecule has 0 aliphatic heterocycles. The molecule has 0 aliphatic rings. The molecule has 0 radical (unpaired) electrons. The topological polar surface area (TPSA) is 56.5 Å². The first-order valence-corrected chi connectivity index (χ1v) is 10.3. The number of hydrogen-bond acceptors (Lipinski definition) is 4. The maximum absolute atomic E-state index is 13.4. The highest BCUT2D eigenvalue weighted by Crippen LogP contribution is 2.34. The van der Waals surface area contributed by atoms with Gasteiger partial charge in [0.25, 0.3) is 5.56 Å². The molecule has 4 rings (SSSR count). The lowest BCUT2D eigenvalue weighted by molar-refractivity contribution is 0.407. The number of fused-ring (bicyclic) bond motifs is 1. The number of methoxy groups -OCH3 is 1. The molecule has 0 spiro atoms. The van der Waals surface area contributed by atoms with Crippen LogP contribution < -0.4 is 10.3 Å². The van der Waals surface area contributed by atoms with Gasteiger partial charge in [-0.05, 0) is 53.8 Å². The molecule has 0 saturated heterocycles. The maximum atomic E-state index is 13.4. The maximum Gasteiger partial charge on any atom is 0.282 e. The zero-order valence-corrected chi connectivity index (χ0v) is 18.2. The highest BCUT2D eigenvalue weighted by Gasteiger charge is 2.18. The SMILES string of the molecule is COc1cc(C)c(-c2nc3ccccc3c(=O)n2N=Cc2ccccc2)cc1C(C)C. The fourth-order valence-electron chi connectivity index (χ4n) is 3.64. The summed E-state index contributed by atoms with van der Waals surface area (Å²) < 4.78 is 6.99. The highest BCUT2D eigenvalue weighted by atomic mass is 16.5. The van der Waals surface area contributed by atoms with Gasteiger partial charge >= 0.3 is 0 Å². The van der Waals surface area contributed by atoms with Crippen molar-refractivity contribution >= 4 is 17.1 Å². The third-order valence-corrected chi connectivity index (χ3v) is 5.32. The molecule has 156 valence electrons. The Morgan fingerprint density at radius 2 is 1.74 bits per heavy atom. The minimum atomic E-state index is -0.200. The summed E-state index contributed by atoms with van der Waals surface area (Å²) in [5.74, 6) is 1.60. The molecule has 1 aromatic heterocycles. The van der Waals surface area contributed by atoms with Gasteiger partial charge in [-0.2, -0.15) is 9.78 Å². The predicted octanol–water partition coefficient (Wildman–Crippen LogP) is 5.39. The summed E-state index contributed by atoms with van der Waals surface area (Å²) in [6.45, 7) is 6.23. The lowest BCUT2D eigenvalue weighted by Crippen LogP contribution is -2.20. The zero-order valence-electron chi connectivity index (χ0n) is 18.2. The minimum absolute atomic E-state index is 0.200. The Hall–Kier alpha value is -3.73. The van der Waals surface area contributed by atoms with Crippen LogP contribution in [0, 0.1) is 6.92 Å². The van der Waals surface area contributed by atoms with E-state index < -0.39 is 0 Å². The Morgan fingerprint density at radius 1 is 1.03 bits per heavy atom. The average Bonchev–Trinajstić information content (AvgIpc) is 2.78. The third kappa shape index (κ3) is 3.99. The molecule has 1 heterocycles. The standard InChI is InChI=1S/C26H25N3O2/c1-17(2)21-15-22(18(3)14-24(21)31-4)25-28-23-13-9-8-12-20(23)26(30)29(25)27-16-19-10-6-5-7-11-19/h5-17H,1-4H3. The molecule has 0 aliphatic carbocycles. The molecule has 0 atom stereocenters. The van der Waals surface area contributed by atoms with Crippen molar-refractivity contribution < 1.29 is 4.74 Å². The number of benzene rings is 3. The second-order valence-electron chi connectivity index (χ2n) is 7.79. The van der Waals surface area contributed by atoms with Crippen LogP contribution in [0.15, 0.2) is 76.6 Å². The molecule has 31 heavy (non-hydrogen) atoms. The molecule has 3 aromatic carbocycles. The van der Waals surface area contributed by atoms with Crippen molar-refractivity contribution in [2.24, 2.45) is 5.10 Å². The number of rotatable bonds is 5. The Morgan fingerprint density at radius 3 is 2.45 bits per heavy atom. The second-order valence-corrected chi connectivity index (χ2v) is 7.79. The molecule has 0 bridgehead atoms. The Labute approximate surface area is 181 Å². The van der Waals surface area contributed by atoms with Gasteiger partial charge in [0.05, 0.1) is 24.2 Å². The largest absolute Gasteiger partial charge is 0.496 e. The number of para-hydroxylation sites is 1. The Kier molecular flexibility index (Phi) is 5.67. The highest BCUT2D eigenvalue weighted by molar-refractivity contribution is 5.82. The normalized spacial score (nSPS) is 11.5. The van der Waals surface area contributed by atoms with E-state index in [1.807, 2.05) is 61.5 Å². The van der Waals surface area contributed by atoms with E-state index in [1.165, 1.54) is 4.68 Å². The van der Waals surface area contributed by atoms with Gasteiger partial charge in [0.2, 0.25) is 0 Å². The van der Waals surface area contributed by atoms with Crippen LogP contribution in [-0.4, -0.2) is 23.0 Å². The van der Waals surface area contributed by atoms with Gasteiger partial charge in [0.1, 0.15) is 5.75 Å². The minimum Gasteiger partial charge on any atom is -0.496 e. The summed E-state index contributed by atoms with van der Waals surface area (Å²) in [5, 5.41) is 5.08. The fourth-order valence-corrected chi connectivity index (χ4v) is 3.64. The Balaban J connectivity index is 2.00. The van der Waals surface area contributed by atoms with Crippen molar-refractivity contribution in [3.8, 4) is 17.1 Å². The van der Waals surface area contributed by atoms with Crippen molar-refractivity contribution in [1.82, 2.24) is 9.66 Å². The molecular formula is C26H25N3O2. The van der Waals surface area contributed by atoms with Gasteiger partial charge in [0.15, 0.2) is 5.82 Å². The van der Waals surface area contributed by atoms with Gasteiger partial charge in [-0.1, -0.05) is 56.3 Å². The van der Waals surface area contributed by atoms with E-state index in [4.69, 9.17) is 9.72 Å². The van der Waals surface area contributed by atoms with E-state index >= 15 is 0 Å². The molecular weight excluding hydrogens is 386 g/mol. The number of aromatic nitrogens is 2. The first kappa shape index (κ1) is 20.5. The molecule has 5 heteroatoms. The van der Waals surface area contributed by atoms with E-state index in [9.17, 15) is 4.79 Å². The van der Waals surface area contributed by atoms with E-state index in [0.29, 0.717) is 16.7 Å².